The average molecular weight is 258 g/mol. The second-order valence-corrected chi connectivity index (χ2v) is 5.98. The minimum Gasteiger partial charge on any atom is -0.309 e. The molecule has 1 unspecified atom stereocenters. The highest BCUT2D eigenvalue weighted by atomic mass is 15.2. The molecule has 1 aliphatic heterocycles. The zero-order valence-corrected chi connectivity index (χ0v) is 12.1. The first-order valence-electron chi connectivity index (χ1n) is 7.93. The number of rotatable bonds is 4. The summed E-state index contributed by atoms with van der Waals surface area (Å²) >= 11 is 0. The maximum absolute atomic E-state index is 3.72. The molecule has 1 atom stereocenters. The maximum atomic E-state index is 3.72. The molecule has 1 aromatic carbocycles. The second kappa shape index (κ2) is 6.06. The van der Waals surface area contributed by atoms with Crippen molar-refractivity contribution in [1.29, 1.82) is 0 Å². The molecule has 104 valence electrons. The molecule has 1 fully saturated rings. The molecule has 0 aromatic heterocycles. The van der Waals surface area contributed by atoms with E-state index >= 15 is 0 Å². The number of benzene rings is 1. The Bertz CT molecular complexity index is 409. The van der Waals surface area contributed by atoms with Crippen LogP contribution in [0.4, 0.5) is 0 Å². The fourth-order valence-electron chi connectivity index (χ4n) is 3.80. The van der Waals surface area contributed by atoms with E-state index in [1.165, 1.54) is 50.8 Å². The Hall–Kier alpha value is -0.860. The molecule has 3 rings (SSSR count). The summed E-state index contributed by atoms with van der Waals surface area (Å²) < 4.78 is 0. The molecular weight excluding hydrogens is 232 g/mol. The van der Waals surface area contributed by atoms with Gasteiger partial charge in [-0.15, -0.1) is 0 Å². The zero-order chi connectivity index (χ0) is 13.1. The van der Waals surface area contributed by atoms with Gasteiger partial charge in [-0.05, 0) is 43.5 Å². The standard InChI is InChI=1S/C17H26N2/c1-2-19(15-8-4-5-9-15)13-17-16-10-6-3-7-14(16)11-12-18-17/h3,6-7,10,15,17-18H,2,4-5,8-9,11-13H2,1H3. The van der Waals surface area contributed by atoms with Crippen LogP contribution in [0.3, 0.4) is 0 Å². The summed E-state index contributed by atoms with van der Waals surface area (Å²) in [7, 11) is 0. The largest absolute Gasteiger partial charge is 0.309 e. The molecule has 1 aromatic rings. The van der Waals surface area contributed by atoms with Crippen LogP contribution in [0.1, 0.15) is 49.8 Å². The van der Waals surface area contributed by atoms with Crippen LogP contribution in [-0.2, 0) is 6.42 Å². The molecule has 0 spiro atoms. The summed E-state index contributed by atoms with van der Waals surface area (Å²) in [4.78, 5) is 2.70. The number of fused-ring (bicyclic) bond motifs is 1. The first-order chi connectivity index (χ1) is 9.38. The van der Waals surface area contributed by atoms with Gasteiger partial charge in [0.05, 0.1) is 0 Å². The van der Waals surface area contributed by atoms with E-state index in [0.717, 1.165) is 12.6 Å². The predicted octanol–water partition coefficient (Wildman–Crippen LogP) is 3.14. The van der Waals surface area contributed by atoms with Crippen molar-refractivity contribution in [2.24, 2.45) is 0 Å². The second-order valence-electron chi connectivity index (χ2n) is 5.98. The van der Waals surface area contributed by atoms with Gasteiger partial charge in [0.25, 0.3) is 0 Å². The van der Waals surface area contributed by atoms with Gasteiger partial charge in [0.1, 0.15) is 0 Å². The van der Waals surface area contributed by atoms with E-state index in [2.05, 4.69) is 41.4 Å². The lowest BCUT2D eigenvalue weighted by molar-refractivity contribution is 0.184. The highest BCUT2D eigenvalue weighted by Crippen LogP contribution is 2.28. The van der Waals surface area contributed by atoms with Crippen LogP contribution >= 0.6 is 0 Å². The fourth-order valence-corrected chi connectivity index (χ4v) is 3.80. The molecular formula is C17H26N2. The molecule has 2 nitrogen and oxygen atoms in total. The van der Waals surface area contributed by atoms with E-state index in [1.54, 1.807) is 5.56 Å². The fraction of sp³-hybridized carbons (Fsp3) is 0.647. The van der Waals surface area contributed by atoms with Crippen molar-refractivity contribution in [2.75, 3.05) is 19.6 Å². The predicted molar refractivity (Wildman–Crippen MR) is 80.4 cm³/mol. The van der Waals surface area contributed by atoms with Crippen molar-refractivity contribution >= 4 is 0 Å². The normalized spacial score (nSPS) is 23.8. The maximum Gasteiger partial charge on any atom is 0.0452 e. The van der Waals surface area contributed by atoms with Crippen LogP contribution in [0.5, 0.6) is 0 Å². The van der Waals surface area contributed by atoms with Crippen LogP contribution in [0.25, 0.3) is 0 Å². The molecule has 19 heavy (non-hydrogen) atoms. The molecule has 0 saturated heterocycles. The van der Waals surface area contributed by atoms with E-state index < -0.39 is 0 Å². The van der Waals surface area contributed by atoms with Crippen LogP contribution in [0.2, 0.25) is 0 Å². The third kappa shape index (κ3) is 2.85. The van der Waals surface area contributed by atoms with Gasteiger partial charge in [0.2, 0.25) is 0 Å². The number of hydrogen-bond acceptors (Lipinski definition) is 2. The minimum atomic E-state index is 0.533. The molecule has 1 saturated carbocycles. The average Bonchev–Trinajstić information content (AvgIpc) is 2.99. The Morgan fingerprint density at radius 1 is 1.21 bits per heavy atom. The lowest BCUT2D eigenvalue weighted by Crippen LogP contribution is -2.42. The van der Waals surface area contributed by atoms with E-state index in [9.17, 15) is 0 Å². The third-order valence-corrected chi connectivity index (χ3v) is 4.88. The summed E-state index contributed by atoms with van der Waals surface area (Å²) in [6, 6.07) is 10.3. The lowest BCUT2D eigenvalue weighted by Gasteiger charge is -2.34. The Morgan fingerprint density at radius 3 is 2.79 bits per heavy atom. The van der Waals surface area contributed by atoms with Crippen molar-refractivity contribution in [2.45, 2.75) is 51.1 Å². The van der Waals surface area contributed by atoms with Gasteiger partial charge >= 0.3 is 0 Å². The van der Waals surface area contributed by atoms with Gasteiger partial charge in [0, 0.05) is 18.6 Å². The molecule has 1 N–H and O–H groups in total. The molecule has 1 heterocycles. The van der Waals surface area contributed by atoms with Crippen molar-refractivity contribution in [3.63, 3.8) is 0 Å². The van der Waals surface area contributed by atoms with Crippen molar-refractivity contribution in [1.82, 2.24) is 10.2 Å². The Balaban J connectivity index is 1.72. The van der Waals surface area contributed by atoms with E-state index in [4.69, 9.17) is 0 Å². The Labute approximate surface area is 117 Å². The summed E-state index contributed by atoms with van der Waals surface area (Å²) in [6.07, 6.45) is 6.85. The SMILES string of the molecule is CCN(CC1NCCc2ccccc21)C1CCCC1. The van der Waals surface area contributed by atoms with Crippen molar-refractivity contribution in [3.05, 3.63) is 35.4 Å². The van der Waals surface area contributed by atoms with Crippen LogP contribution in [-0.4, -0.2) is 30.6 Å². The number of hydrogen-bond donors (Lipinski definition) is 1. The van der Waals surface area contributed by atoms with E-state index in [1.807, 2.05) is 0 Å². The van der Waals surface area contributed by atoms with Gasteiger partial charge < -0.3 is 5.32 Å². The van der Waals surface area contributed by atoms with Crippen LogP contribution in [0.15, 0.2) is 24.3 Å². The Morgan fingerprint density at radius 2 is 2.00 bits per heavy atom. The molecule has 0 bridgehead atoms. The first-order valence-corrected chi connectivity index (χ1v) is 7.93. The summed E-state index contributed by atoms with van der Waals surface area (Å²) in [5.74, 6) is 0. The smallest absolute Gasteiger partial charge is 0.0452 e. The molecule has 2 aliphatic rings. The third-order valence-electron chi connectivity index (χ3n) is 4.88. The van der Waals surface area contributed by atoms with Crippen molar-refractivity contribution < 1.29 is 0 Å². The van der Waals surface area contributed by atoms with E-state index in [0.29, 0.717) is 6.04 Å². The molecule has 0 amide bonds. The zero-order valence-electron chi connectivity index (χ0n) is 12.1. The molecule has 1 aliphatic carbocycles. The van der Waals surface area contributed by atoms with Gasteiger partial charge in [0.15, 0.2) is 0 Å². The van der Waals surface area contributed by atoms with Crippen LogP contribution < -0.4 is 5.32 Å². The summed E-state index contributed by atoms with van der Waals surface area (Å²) in [6.45, 7) is 5.81. The summed E-state index contributed by atoms with van der Waals surface area (Å²) in [5, 5.41) is 3.72. The number of likely N-dealkylation sites (N-methyl/N-ethyl adjacent to an activating group) is 1. The van der Waals surface area contributed by atoms with E-state index in [-0.39, 0.29) is 0 Å². The summed E-state index contributed by atoms with van der Waals surface area (Å²) in [5.41, 5.74) is 3.08. The Kier molecular flexibility index (Phi) is 4.19. The highest BCUT2D eigenvalue weighted by Gasteiger charge is 2.26. The minimum absolute atomic E-state index is 0.533. The number of nitrogens with one attached hydrogen (secondary N) is 1. The van der Waals surface area contributed by atoms with Gasteiger partial charge in [-0.2, -0.15) is 0 Å². The van der Waals surface area contributed by atoms with Gasteiger partial charge in [-0.3, -0.25) is 4.90 Å². The van der Waals surface area contributed by atoms with Gasteiger partial charge in [-0.1, -0.05) is 44.0 Å². The number of nitrogens with zero attached hydrogens (tertiary/aromatic N) is 1. The first kappa shape index (κ1) is 13.1. The quantitative estimate of drug-likeness (QED) is 0.892. The molecule has 2 heteroatoms. The lowest BCUT2D eigenvalue weighted by atomic mass is 9.93. The van der Waals surface area contributed by atoms with Crippen LogP contribution in [0, 0.1) is 0 Å². The van der Waals surface area contributed by atoms with Gasteiger partial charge in [-0.25, -0.2) is 0 Å². The monoisotopic (exact) mass is 258 g/mol. The topological polar surface area (TPSA) is 15.3 Å². The van der Waals surface area contributed by atoms with Crippen molar-refractivity contribution in [3.8, 4) is 0 Å². The molecule has 0 radical (unpaired) electrons. The highest BCUT2D eigenvalue weighted by molar-refractivity contribution is 5.32.